The fourth-order valence-corrected chi connectivity index (χ4v) is 5.92. The second-order valence-electron chi connectivity index (χ2n) is 8.33. The third-order valence-corrected chi connectivity index (χ3v) is 6.58. The zero-order valence-corrected chi connectivity index (χ0v) is 14.4. The summed E-state index contributed by atoms with van der Waals surface area (Å²) in [4.78, 5) is 13.1. The molecule has 0 atom stereocenters. The van der Waals surface area contributed by atoms with Gasteiger partial charge >= 0.3 is 0 Å². The number of rotatable bonds is 4. The zero-order valence-electron chi connectivity index (χ0n) is 14.4. The van der Waals surface area contributed by atoms with Crippen molar-refractivity contribution in [1.82, 2.24) is 20.1 Å². The minimum atomic E-state index is -0.105. The first kappa shape index (κ1) is 15.1. The molecule has 0 radical (unpaired) electrons. The van der Waals surface area contributed by atoms with Gasteiger partial charge in [-0.05, 0) is 68.4 Å². The molecule has 6 rings (SSSR count). The molecular weight excluding hydrogens is 312 g/mol. The first-order chi connectivity index (χ1) is 12.2. The van der Waals surface area contributed by atoms with Crippen LogP contribution in [0, 0.1) is 23.2 Å². The largest absolute Gasteiger partial charge is 0.348 e. The molecule has 25 heavy (non-hydrogen) atoms. The predicted octanol–water partition coefficient (Wildman–Crippen LogP) is 3.10. The van der Waals surface area contributed by atoms with Gasteiger partial charge in [-0.15, -0.1) is 10.2 Å². The molecule has 1 amide bonds. The van der Waals surface area contributed by atoms with E-state index in [9.17, 15) is 4.79 Å². The molecule has 1 aromatic carbocycles. The molecule has 5 nitrogen and oxygen atoms in total. The number of aromatic nitrogens is 3. The van der Waals surface area contributed by atoms with E-state index in [1.54, 1.807) is 6.33 Å². The fraction of sp³-hybridized carbons (Fsp3) is 0.550. The average Bonchev–Trinajstić information content (AvgIpc) is 3.08. The minimum absolute atomic E-state index is 0.105. The molecular formula is C20H24N4O. The van der Waals surface area contributed by atoms with Crippen LogP contribution in [0.3, 0.4) is 0 Å². The van der Waals surface area contributed by atoms with Crippen molar-refractivity contribution in [2.45, 2.75) is 45.1 Å². The van der Waals surface area contributed by atoms with E-state index in [4.69, 9.17) is 0 Å². The van der Waals surface area contributed by atoms with Crippen molar-refractivity contribution in [2.75, 3.05) is 0 Å². The second-order valence-corrected chi connectivity index (χ2v) is 8.33. The van der Waals surface area contributed by atoms with Gasteiger partial charge in [-0.3, -0.25) is 9.36 Å². The summed E-state index contributed by atoms with van der Waals surface area (Å²) in [7, 11) is 0. The van der Waals surface area contributed by atoms with Crippen molar-refractivity contribution in [3.8, 4) is 5.69 Å². The number of nitrogens with one attached hydrogen (secondary N) is 1. The first-order valence-electron chi connectivity index (χ1n) is 9.44. The molecule has 5 heteroatoms. The maximum absolute atomic E-state index is 13.1. The molecule has 4 saturated carbocycles. The van der Waals surface area contributed by atoms with E-state index < -0.39 is 0 Å². The Hall–Kier alpha value is -2.17. The Morgan fingerprint density at radius 2 is 1.72 bits per heavy atom. The standard InChI is InChI=1S/C20H24N4O/c25-19(20-9-14-6-15(10-20)8-16(7-14)11-20)21-12-18-23-22-13-24(18)17-4-2-1-3-5-17/h1-5,13-16H,6-12H2,(H,21,25). The van der Waals surface area contributed by atoms with E-state index >= 15 is 0 Å². The third-order valence-electron chi connectivity index (χ3n) is 6.58. The van der Waals surface area contributed by atoms with Gasteiger partial charge in [0.25, 0.3) is 0 Å². The van der Waals surface area contributed by atoms with Crippen molar-refractivity contribution in [2.24, 2.45) is 23.2 Å². The maximum Gasteiger partial charge on any atom is 0.226 e. The van der Waals surface area contributed by atoms with E-state index in [0.717, 1.165) is 48.5 Å². The van der Waals surface area contributed by atoms with E-state index in [-0.39, 0.29) is 11.3 Å². The lowest BCUT2D eigenvalue weighted by atomic mass is 9.49. The van der Waals surface area contributed by atoms with Gasteiger partial charge in [0.2, 0.25) is 5.91 Å². The zero-order chi connectivity index (χ0) is 16.9. The Kier molecular flexibility index (Phi) is 3.43. The van der Waals surface area contributed by atoms with E-state index in [0.29, 0.717) is 6.54 Å². The van der Waals surface area contributed by atoms with E-state index in [1.807, 2.05) is 34.9 Å². The molecule has 0 aliphatic heterocycles. The Morgan fingerprint density at radius 1 is 1.08 bits per heavy atom. The molecule has 0 unspecified atom stereocenters. The van der Waals surface area contributed by atoms with Crippen LogP contribution in [-0.4, -0.2) is 20.7 Å². The van der Waals surface area contributed by atoms with Gasteiger partial charge in [0.1, 0.15) is 6.33 Å². The van der Waals surface area contributed by atoms with E-state index in [2.05, 4.69) is 15.5 Å². The monoisotopic (exact) mass is 336 g/mol. The van der Waals surface area contributed by atoms with Crippen LogP contribution in [0.15, 0.2) is 36.7 Å². The lowest BCUT2D eigenvalue weighted by Crippen LogP contribution is -2.53. The molecule has 4 aliphatic carbocycles. The number of hydrogen-bond donors (Lipinski definition) is 1. The van der Waals surface area contributed by atoms with Crippen LogP contribution < -0.4 is 5.32 Å². The van der Waals surface area contributed by atoms with E-state index in [1.165, 1.54) is 19.3 Å². The summed E-state index contributed by atoms with van der Waals surface area (Å²) in [5, 5.41) is 11.4. The third kappa shape index (κ3) is 2.57. The Morgan fingerprint density at radius 3 is 2.36 bits per heavy atom. The molecule has 2 aromatic rings. The number of carbonyl (C=O) groups excluding carboxylic acids is 1. The van der Waals surface area contributed by atoms with Crippen LogP contribution in [0.2, 0.25) is 0 Å². The lowest BCUT2D eigenvalue weighted by Gasteiger charge is -2.55. The summed E-state index contributed by atoms with van der Waals surface area (Å²) in [6.07, 6.45) is 9.06. The lowest BCUT2D eigenvalue weighted by molar-refractivity contribution is -0.146. The van der Waals surface area contributed by atoms with Gasteiger partial charge in [-0.25, -0.2) is 0 Å². The molecule has 1 aromatic heterocycles. The van der Waals surface area contributed by atoms with Gasteiger partial charge < -0.3 is 5.32 Å². The maximum atomic E-state index is 13.1. The van der Waals surface area contributed by atoms with Crippen LogP contribution in [0.1, 0.15) is 44.3 Å². The van der Waals surface area contributed by atoms with Crippen LogP contribution in [-0.2, 0) is 11.3 Å². The molecule has 1 heterocycles. The molecule has 1 N–H and O–H groups in total. The molecule has 4 fully saturated rings. The van der Waals surface area contributed by atoms with Crippen LogP contribution in [0.4, 0.5) is 0 Å². The van der Waals surface area contributed by atoms with Gasteiger partial charge in [-0.2, -0.15) is 0 Å². The predicted molar refractivity (Wildman–Crippen MR) is 93.8 cm³/mol. The minimum Gasteiger partial charge on any atom is -0.348 e. The Balaban J connectivity index is 1.31. The summed E-state index contributed by atoms with van der Waals surface area (Å²) in [5.74, 6) is 3.37. The van der Waals surface area contributed by atoms with Gasteiger partial charge in [-0.1, -0.05) is 18.2 Å². The second kappa shape index (κ2) is 5.68. The van der Waals surface area contributed by atoms with Crippen LogP contribution in [0.5, 0.6) is 0 Å². The molecule has 4 aliphatic rings. The highest BCUT2D eigenvalue weighted by molar-refractivity contribution is 5.83. The summed E-state index contributed by atoms with van der Waals surface area (Å²) < 4.78 is 1.94. The van der Waals surface area contributed by atoms with Crippen molar-refractivity contribution in [3.05, 3.63) is 42.5 Å². The van der Waals surface area contributed by atoms with Crippen molar-refractivity contribution in [1.29, 1.82) is 0 Å². The number of para-hydroxylation sites is 1. The van der Waals surface area contributed by atoms with Gasteiger partial charge in [0.05, 0.1) is 6.54 Å². The number of nitrogens with zero attached hydrogens (tertiary/aromatic N) is 3. The summed E-state index contributed by atoms with van der Waals surface area (Å²) in [6, 6.07) is 10.0. The highest BCUT2D eigenvalue weighted by Crippen LogP contribution is 2.60. The molecule has 0 spiro atoms. The summed E-state index contributed by atoms with van der Waals surface area (Å²) in [6.45, 7) is 0.440. The Labute approximate surface area is 147 Å². The van der Waals surface area contributed by atoms with Crippen molar-refractivity contribution in [3.63, 3.8) is 0 Å². The van der Waals surface area contributed by atoms with Gasteiger partial charge in [0, 0.05) is 11.1 Å². The molecule has 4 bridgehead atoms. The highest BCUT2D eigenvalue weighted by Gasteiger charge is 2.54. The topological polar surface area (TPSA) is 59.8 Å². The molecule has 0 saturated heterocycles. The molecule has 130 valence electrons. The van der Waals surface area contributed by atoms with Crippen LogP contribution >= 0.6 is 0 Å². The number of benzene rings is 1. The van der Waals surface area contributed by atoms with Crippen LogP contribution in [0.25, 0.3) is 5.69 Å². The fourth-order valence-electron chi connectivity index (χ4n) is 5.92. The summed E-state index contributed by atoms with van der Waals surface area (Å²) in [5.41, 5.74) is 0.915. The quantitative estimate of drug-likeness (QED) is 0.933. The Bertz CT molecular complexity index is 747. The number of carbonyl (C=O) groups is 1. The normalized spacial score (nSPS) is 32.7. The highest BCUT2D eigenvalue weighted by atomic mass is 16.2. The SMILES string of the molecule is O=C(NCc1nncn1-c1ccccc1)C12CC3CC(CC(C3)C1)C2. The van der Waals surface area contributed by atoms with Crippen molar-refractivity contribution < 1.29 is 4.79 Å². The van der Waals surface area contributed by atoms with Crippen molar-refractivity contribution >= 4 is 5.91 Å². The summed E-state index contributed by atoms with van der Waals surface area (Å²) >= 11 is 0. The van der Waals surface area contributed by atoms with Gasteiger partial charge in [0.15, 0.2) is 5.82 Å². The number of amides is 1. The smallest absolute Gasteiger partial charge is 0.226 e. The first-order valence-corrected chi connectivity index (χ1v) is 9.44. The number of hydrogen-bond acceptors (Lipinski definition) is 3. The average molecular weight is 336 g/mol.